The first-order chi connectivity index (χ1) is 6.50. The van der Waals surface area contributed by atoms with Crippen molar-refractivity contribution < 1.29 is 18.7 Å². The first-order valence-electron chi connectivity index (χ1n) is 4.05. The fourth-order valence-corrected chi connectivity index (χ4v) is 1.06. The molecular weight excluding hydrogens is 194 g/mol. The van der Waals surface area contributed by atoms with Crippen molar-refractivity contribution in [3.8, 4) is 0 Å². The minimum Gasteiger partial charge on any atom is -0.481 e. The SMILES string of the molecule is CC(CC(=O)O)n1ccc(C(F)F)n1. The Morgan fingerprint density at radius 2 is 2.36 bits per heavy atom. The average molecular weight is 204 g/mol. The van der Waals surface area contributed by atoms with Crippen LogP contribution in [0.15, 0.2) is 12.3 Å². The van der Waals surface area contributed by atoms with E-state index in [1.54, 1.807) is 6.92 Å². The van der Waals surface area contributed by atoms with Gasteiger partial charge in [0.25, 0.3) is 6.43 Å². The quantitative estimate of drug-likeness (QED) is 0.814. The van der Waals surface area contributed by atoms with Crippen molar-refractivity contribution in [1.29, 1.82) is 0 Å². The molecule has 1 aromatic heterocycles. The number of aliphatic carboxylic acids is 1. The minimum absolute atomic E-state index is 0.135. The second kappa shape index (κ2) is 4.17. The molecule has 1 atom stereocenters. The highest BCUT2D eigenvalue weighted by Crippen LogP contribution is 2.18. The molecule has 0 fully saturated rings. The van der Waals surface area contributed by atoms with E-state index in [9.17, 15) is 13.6 Å². The highest BCUT2D eigenvalue weighted by atomic mass is 19.3. The van der Waals surface area contributed by atoms with E-state index in [-0.39, 0.29) is 12.1 Å². The highest BCUT2D eigenvalue weighted by Gasteiger charge is 2.14. The lowest BCUT2D eigenvalue weighted by molar-refractivity contribution is -0.137. The van der Waals surface area contributed by atoms with E-state index < -0.39 is 18.4 Å². The number of carboxylic acid groups (broad SMARTS) is 1. The standard InChI is InChI=1S/C8H10F2N2O2/c1-5(4-7(13)14)12-3-2-6(11-12)8(9)10/h2-3,5,8H,4H2,1H3,(H,13,14). The summed E-state index contributed by atoms with van der Waals surface area (Å²) < 4.78 is 25.5. The fraction of sp³-hybridized carbons (Fsp3) is 0.500. The van der Waals surface area contributed by atoms with E-state index >= 15 is 0 Å². The van der Waals surface area contributed by atoms with Crippen molar-refractivity contribution >= 4 is 5.97 Å². The smallest absolute Gasteiger partial charge is 0.305 e. The van der Waals surface area contributed by atoms with Crippen LogP contribution in [0, 0.1) is 0 Å². The number of hydrogen-bond donors (Lipinski definition) is 1. The maximum atomic E-state index is 12.1. The zero-order valence-corrected chi connectivity index (χ0v) is 7.52. The van der Waals surface area contributed by atoms with Gasteiger partial charge < -0.3 is 5.11 Å². The van der Waals surface area contributed by atoms with Crippen molar-refractivity contribution in [2.24, 2.45) is 0 Å². The number of alkyl halides is 2. The molecule has 0 aliphatic rings. The molecule has 0 amide bonds. The van der Waals surface area contributed by atoms with Crippen LogP contribution in [0.4, 0.5) is 8.78 Å². The number of halogens is 2. The lowest BCUT2D eigenvalue weighted by atomic mass is 10.2. The lowest BCUT2D eigenvalue weighted by Crippen LogP contribution is -2.11. The summed E-state index contributed by atoms with van der Waals surface area (Å²) in [4.78, 5) is 10.3. The Bertz CT molecular complexity index is 325. The van der Waals surface area contributed by atoms with E-state index in [4.69, 9.17) is 5.11 Å². The molecule has 0 aliphatic carbocycles. The molecule has 1 aromatic rings. The summed E-state index contributed by atoms with van der Waals surface area (Å²) in [5.74, 6) is -0.980. The molecule has 78 valence electrons. The predicted molar refractivity (Wildman–Crippen MR) is 44.1 cm³/mol. The summed E-state index contributed by atoms with van der Waals surface area (Å²) in [5.41, 5.74) is -0.331. The molecule has 0 aromatic carbocycles. The average Bonchev–Trinajstić information content (AvgIpc) is 2.50. The largest absolute Gasteiger partial charge is 0.481 e. The van der Waals surface area contributed by atoms with Crippen molar-refractivity contribution in [3.63, 3.8) is 0 Å². The van der Waals surface area contributed by atoms with Gasteiger partial charge in [-0.2, -0.15) is 5.10 Å². The van der Waals surface area contributed by atoms with Crippen LogP contribution in [-0.4, -0.2) is 20.9 Å². The Hall–Kier alpha value is -1.46. The van der Waals surface area contributed by atoms with Crippen LogP contribution in [0.25, 0.3) is 0 Å². The normalized spacial score (nSPS) is 13.1. The van der Waals surface area contributed by atoms with E-state index in [1.165, 1.54) is 16.9 Å². The van der Waals surface area contributed by atoms with Gasteiger partial charge in [-0.05, 0) is 13.0 Å². The van der Waals surface area contributed by atoms with Gasteiger partial charge in [-0.3, -0.25) is 9.48 Å². The van der Waals surface area contributed by atoms with E-state index in [0.29, 0.717) is 0 Å². The van der Waals surface area contributed by atoms with E-state index in [1.807, 2.05) is 0 Å². The van der Waals surface area contributed by atoms with Crippen LogP contribution < -0.4 is 0 Å². The number of rotatable bonds is 4. The summed E-state index contributed by atoms with van der Waals surface area (Å²) in [5, 5.41) is 12.0. The number of aromatic nitrogens is 2. The topological polar surface area (TPSA) is 55.1 Å². The molecule has 6 heteroatoms. The van der Waals surface area contributed by atoms with Gasteiger partial charge in [0.05, 0.1) is 12.5 Å². The van der Waals surface area contributed by atoms with E-state index in [2.05, 4.69) is 5.10 Å². The minimum atomic E-state index is -2.62. The Morgan fingerprint density at radius 3 is 2.79 bits per heavy atom. The molecule has 0 spiro atoms. The molecule has 1 rings (SSSR count). The third kappa shape index (κ3) is 2.51. The Morgan fingerprint density at radius 1 is 1.71 bits per heavy atom. The number of carbonyl (C=O) groups is 1. The highest BCUT2D eigenvalue weighted by molar-refractivity contribution is 5.67. The van der Waals surface area contributed by atoms with Gasteiger partial charge in [0.2, 0.25) is 0 Å². The first-order valence-corrected chi connectivity index (χ1v) is 4.05. The molecule has 0 radical (unpaired) electrons. The van der Waals surface area contributed by atoms with Gasteiger partial charge in [-0.25, -0.2) is 8.78 Å². The predicted octanol–water partition coefficient (Wildman–Crippen LogP) is 1.86. The van der Waals surface area contributed by atoms with Gasteiger partial charge >= 0.3 is 5.97 Å². The monoisotopic (exact) mass is 204 g/mol. The molecule has 0 aliphatic heterocycles. The molecule has 1 unspecified atom stereocenters. The Balaban J connectivity index is 2.71. The molecular formula is C8H10F2N2O2. The maximum absolute atomic E-state index is 12.1. The van der Waals surface area contributed by atoms with E-state index in [0.717, 1.165) is 0 Å². The Labute approximate surface area is 79.2 Å². The molecule has 0 saturated carbocycles. The van der Waals surface area contributed by atoms with Crippen LogP contribution in [0.5, 0.6) is 0 Å². The molecule has 1 N–H and O–H groups in total. The second-order valence-electron chi connectivity index (χ2n) is 2.97. The van der Waals surface area contributed by atoms with Crippen molar-refractivity contribution in [3.05, 3.63) is 18.0 Å². The van der Waals surface area contributed by atoms with Crippen molar-refractivity contribution in [2.45, 2.75) is 25.8 Å². The zero-order valence-electron chi connectivity index (χ0n) is 7.52. The number of hydrogen-bond acceptors (Lipinski definition) is 2. The number of nitrogens with zero attached hydrogens (tertiary/aromatic N) is 2. The summed E-state index contributed by atoms with van der Waals surface area (Å²) in [6, 6.07) is 0.767. The number of carboxylic acids is 1. The lowest BCUT2D eigenvalue weighted by Gasteiger charge is -2.08. The van der Waals surface area contributed by atoms with Gasteiger partial charge in [0.15, 0.2) is 0 Å². The second-order valence-corrected chi connectivity index (χ2v) is 2.97. The molecule has 0 saturated heterocycles. The maximum Gasteiger partial charge on any atom is 0.305 e. The fourth-order valence-electron chi connectivity index (χ4n) is 1.06. The molecule has 1 heterocycles. The van der Waals surface area contributed by atoms with Crippen molar-refractivity contribution in [1.82, 2.24) is 9.78 Å². The summed E-state index contributed by atoms with van der Waals surface area (Å²) >= 11 is 0. The summed E-state index contributed by atoms with van der Waals surface area (Å²) in [6.45, 7) is 1.61. The van der Waals surface area contributed by atoms with Gasteiger partial charge in [-0.15, -0.1) is 0 Å². The van der Waals surface area contributed by atoms with Gasteiger partial charge in [0, 0.05) is 6.20 Å². The summed E-state index contributed by atoms with van der Waals surface area (Å²) in [6.07, 6.45) is -1.40. The van der Waals surface area contributed by atoms with Crippen LogP contribution in [-0.2, 0) is 4.79 Å². The van der Waals surface area contributed by atoms with Gasteiger partial charge in [0.1, 0.15) is 5.69 Å². The first kappa shape index (κ1) is 10.6. The molecule has 4 nitrogen and oxygen atoms in total. The van der Waals surface area contributed by atoms with Crippen molar-refractivity contribution in [2.75, 3.05) is 0 Å². The zero-order chi connectivity index (χ0) is 10.7. The molecule has 14 heavy (non-hydrogen) atoms. The van der Waals surface area contributed by atoms with Crippen LogP contribution >= 0.6 is 0 Å². The summed E-state index contributed by atoms with van der Waals surface area (Å²) in [7, 11) is 0. The van der Waals surface area contributed by atoms with Crippen LogP contribution in [0.3, 0.4) is 0 Å². The van der Waals surface area contributed by atoms with Gasteiger partial charge in [-0.1, -0.05) is 0 Å². The third-order valence-electron chi connectivity index (χ3n) is 1.77. The Kier molecular flexibility index (Phi) is 3.16. The van der Waals surface area contributed by atoms with Crippen LogP contribution in [0.1, 0.15) is 31.5 Å². The molecule has 0 bridgehead atoms. The van der Waals surface area contributed by atoms with Crippen LogP contribution in [0.2, 0.25) is 0 Å². The third-order valence-corrected chi connectivity index (χ3v) is 1.77.